The molecule has 5 aromatic rings. The van der Waals surface area contributed by atoms with Gasteiger partial charge in [-0.3, -0.25) is 4.98 Å². The van der Waals surface area contributed by atoms with Crippen LogP contribution in [0.3, 0.4) is 0 Å². The standard InChI is InChI=1S/C38H34Cl2F2N8O2/c39-31-17-27(10-11-33(31)42)47-35-25(19-43)20-46-37-30(35)16-28(18-32(37)40)48-36(24-6-8-26(41)9-7-24)34(44)21-50(45)29-12-14-49(15-13-29)38(51)52-22-23-4-2-1-3-5-23/h1-11,16-18,20-21,29,36,48H,12-15,22,44-45H2,(H,46,47)/b34-21-. The number of ether oxygens (including phenoxy) is 1. The maximum atomic E-state index is 14.0. The van der Waals surface area contributed by atoms with E-state index < -0.39 is 17.7 Å². The Morgan fingerprint density at radius 1 is 1.04 bits per heavy atom. The number of hydrogen-bond acceptors (Lipinski definition) is 9. The second-order valence-electron chi connectivity index (χ2n) is 12.2. The summed E-state index contributed by atoms with van der Waals surface area (Å²) in [5, 5.41) is 18.7. The third-order valence-corrected chi connectivity index (χ3v) is 9.31. The fourth-order valence-electron chi connectivity index (χ4n) is 5.97. The van der Waals surface area contributed by atoms with Crippen LogP contribution in [0.15, 0.2) is 103 Å². The van der Waals surface area contributed by atoms with Crippen LogP contribution in [-0.2, 0) is 11.3 Å². The van der Waals surface area contributed by atoms with Gasteiger partial charge < -0.3 is 31.0 Å². The number of aromatic nitrogens is 1. The van der Waals surface area contributed by atoms with E-state index in [-0.39, 0.29) is 34.4 Å². The van der Waals surface area contributed by atoms with Gasteiger partial charge in [0.25, 0.3) is 0 Å². The number of nitrogens with one attached hydrogen (secondary N) is 2. The highest BCUT2D eigenvalue weighted by atomic mass is 35.5. The third-order valence-electron chi connectivity index (χ3n) is 8.73. The summed E-state index contributed by atoms with van der Waals surface area (Å²) < 4.78 is 33.4. The summed E-state index contributed by atoms with van der Waals surface area (Å²) in [6.07, 6.45) is 3.80. The Balaban J connectivity index is 1.23. The lowest BCUT2D eigenvalue weighted by Gasteiger charge is -2.36. The molecule has 0 spiro atoms. The molecule has 1 aromatic heterocycles. The van der Waals surface area contributed by atoms with Crippen molar-refractivity contribution in [1.82, 2.24) is 14.9 Å². The van der Waals surface area contributed by atoms with E-state index in [2.05, 4.69) is 21.7 Å². The van der Waals surface area contributed by atoms with Crippen LogP contribution in [0.1, 0.15) is 35.6 Å². The van der Waals surface area contributed by atoms with E-state index in [9.17, 15) is 18.8 Å². The number of rotatable bonds is 10. The lowest BCUT2D eigenvalue weighted by Crippen LogP contribution is -2.47. The van der Waals surface area contributed by atoms with Crippen molar-refractivity contribution in [2.45, 2.75) is 31.5 Å². The molecule has 2 heterocycles. The lowest BCUT2D eigenvalue weighted by atomic mass is 10.0. The first-order valence-electron chi connectivity index (χ1n) is 16.3. The molecule has 1 aliphatic rings. The number of nitriles is 1. The second kappa shape index (κ2) is 16.2. The molecule has 0 saturated carbocycles. The first kappa shape index (κ1) is 36.2. The average molecular weight is 744 g/mol. The molecular weight excluding hydrogens is 709 g/mol. The number of nitrogens with zero attached hydrogens (tertiary/aromatic N) is 4. The molecule has 6 rings (SSSR count). The predicted octanol–water partition coefficient (Wildman–Crippen LogP) is 8.37. The number of halogens is 4. The summed E-state index contributed by atoms with van der Waals surface area (Å²) in [7, 11) is 0. The summed E-state index contributed by atoms with van der Waals surface area (Å²) >= 11 is 12.8. The molecule has 52 heavy (non-hydrogen) atoms. The zero-order valence-electron chi connectivity index (χ0n) is 27.7. The largest absolute Gasteiger partial charge is 0.445 e. The SMILES string of the molecule is N#Cc1cnc2c(Cl)cc(NC(/C(N)=C/N(N)C3CCN(C(=O)OCc4ccccc4)CC3)c3ccc(F)cc3)cc2c1Nc1ccc(F)c(Cl)c1. The van der Waals surface area contributed by atoms with E-state index in [0.29, 0.717) is 65.2 Å². The van der Waals surface area contributed by atoms with Crippen LogP contribution >= 0.6 is 23.2 Å². The van der Waals surface area contributed by atoms with Crippen molar-refractivity contribution in [3.8, 4) is 6.07 Å². The van der Waals surface area contributed by atoms with Crippen LogP contribution in [0.5, 0.6) is 0 Å². The quantitative estimate of drug-likeness (QED) is 0.0819. The van der Waals surface area contributed by atoms with Crippen LogP contribution in [0.4, 0.5) is 30.6 Å². The van der Waals surface area contributed by atoms with Crippen molar-refractivity contribution in [2.75, 3.05) is 23.7 Å². The number of amides is 1. The molecule has 0 bridgehead atoms. The van der Waals surface area contributed by atoms with E-state index in [1.807, 2.05) is 30.3 Å². The molecule has 1 saturated heterocycles. The lowest BCUT2D eigenvalue weighted by molar-refractivity contribution is 0.0758. The monoisotopic (exact) mass is 742 g/mol. The number of hydrazine groups is 1. The van der Waals surface area contributed by atoms with Gasteiger partial charge in [-0.25, -0.2) is 19.4 Å². The number of hydrogen-bond donors (Lipinski definition) is 4. The van der Waals surface area contributed by atoms with E-state index in [1.54, 1.807) is 35.4 Å². The van der Waals surface area contributed by atoms with Gasteiger partial charge in [0.15, 0.2) is 0 Å². The zero-order valence-corrected chi connectivity index (χ0v) is 29.2. The molecule has 1 unspecified atom stereocenters. The van der Waals surface area contributed by atoms with Crippen molar-refractivity contribution >= 4 is 57.3 Å². The number of pyridine rings is 1. The topological polar surface area (TPSA) is 146 Å². The van der Waals surface area contributed by atoms with Crippen molar-refractivity contribution in [2.24, 2.45) is 11.6 Å². The van der Waals surface area contributed by atoms with Crippen LogP contribution in [0.25, 0.3) is 10.9 Å². The summed E-state index contributed by atoms with van der Waals surface area (Å²) in [6.45, 7) is 1.10. The number of carbonyl (C=O) groups is 1. The van der Waals surface area contributed by atoms with Crippen LogP contribution in [0.2, 0.25) is 10.0 Å². The molecule has 1 atom stereocenters. The molecule has 1 fully saturated rings. The first-order valence-corrected chi connectivity index (χ1v) is 17.1. The smallest absolute Gasteiger partial charge is 0.410 e. The summed E-state index contributed by atoms with van der Waals surface area (Å²) in [5.74, 6) is 5.54. The van der Waals surface area contributed by atoms with E-state index >= 15 is 0 Å². The Morgan fingerprint density at radius 2 is 1.75 bits per heavy atom. The fraction of sp³-hybridized carbons (Fsp3) is 0.184. The summed E-state index contributed by atoms with van der Waals surface area (Å²) in [5.41, 5.74) is 10.5. The van der Waals surface area contributed by atoms with Gasteiger partial charge in [0, 0.05) is 48.3 Å². The minimum Gasteiger partial charge on any atom is -0.445 e. The number of benzene rings is 4. The predicted molar refractivity (Wildman–Crippen MR) is 198 cm³/mol. The maximum absolute atomic E-state index is 14.0. The summed E-state index contributed by atoms with van der Waals surface area (Å²) in [4.78, 5) is 18.7. The van der Waals surface area contributed by atoms with Gasteiger partial charge in [-0.2, -0.15) is 5.26 Å². The minimum atomic E-state index is -0.701. The molecule has 0 radical (unpaired) electrons. The Kier molecular flexibility index (Phi) is 11.2. The molecule has 266 valence electrons. The molecule has 6 N–H and O–H groups in total. The maximum Gasteiger partial charge on any atom is 0.410 e. The second-order valence-corrected chi connectivity index (χ2v) is 13.0. The molecule has 4 aromatic carbocycles. The fourth-order valence-corrected chi connectivity index (χ4v) is 6.42. The number of nitrogens with two attached hydrogens (primary N) is 2. The van der Waals surface area contributed by atoms with E-state index in [4.69, 9.17) is 39.5 Å². The average Bonchev–Trinajstić information content (AvgIpc) is 3.15. The molecule has 1 amide bonds. The van der Waals surface area contributed by atoms with Crippen molar-refractivity contribution in [3.05, 3.63) is 141 Å². The van der Waals surface area contributed by atoms with Gasteiger partial charge in [0.05, 0.1) is 38.6 Å². The number of piperidine rings is 1. The molecule has 0 aliphatic carbocycles. The number of likely N-dealkylation sites (tertiary alicyclic amines) is 1. The van der Waals surface area contributed by atoms with Crippen molar-refractivity contribution < 1.29 is 18.3 Å². The number of carbonyl (C=O) groups excluding carboxylic acids is 1. The van der Waals surface area contributed by atoms with Gasteiger partial charge in [0.1, 0.15) is 24.3 Å². The zero-order chi connectivity index (χ0) is 36.8. The molecule has 10 nitrogen and oxygen atoms in total. The number of anilines is 3. The molecule has 14 heteroatoms. The van der Waals surface area contributed by atoms with Crippen LogP contribution in [0, 0.1) is 23.0 Å². The Hall–Kier alpha value is -5.61. The Bertz CT molecular complexity index is 2140. The Morgan fingerprint density at radius 3 is 2.44 bits per heavy atom. The highest BCUT2D eigenvalue weighted by Crippen LogP contribution is 2.37. The third kappa shape index (κ3) is 8.46. The highest BCUT2D eigenvalue weighted by Gasteiger charge is 2.27. The minimum absolute atomic E-state index is 0.0903. The van der Waals surface area contributed by atoms with Gasteiger partial charge in [0.2, 0.25) is 0 Å². The Labute approximate surface area is 309 Å². The van der Waals surface area contributed by atoms with Gasteiger partial charge >= 0.3 is 6.09 Å². The molecule has 1 aliphatic heterocycles. The number of fused-ring (bicyclic) bond motifs is 1. The van der Waals surface area contributed by atoms with Gasteiger partial charge in [-0.1, -0.05) is 65.7 Å². The van der Waals surface area contributed by atoms with Crippen LogP contribution in [-0.4, -0.2) is 40.1 Å². The van der Waals surface area contributed by atoms with E-state index in [1.165, 1.54) is 41.5 Å². The van der Waals surface area contributed by atoms with Crippen LogP contribution < -0.4 is 22.2 Å². The van der Waals surface area contributed by atoms with E-state index in [0.717, 1.165) is 5.56 Å². The summed E-state index contributed by atoms with van der Waals surface area (Å²) in [6, 6.07) is 24.2. The highest BCUT2D eigenvalue weighted by molar-refractivity contribution is 6.36. The van der Waals surface area contributed by atoms with Crippen molar-refractivity contribution in [3.63, 3.8) is 0 Å². The van der Waals surface area contributed by atoms with Gasteiger partial charge in [-0.15, -0.1) is 0 Å². The van der Waals surface area contributed by atoms with Gasteiger partial charge in [-0.05, 0) is 66.4 Å². The normalized spacial score (nSPS) is 14.1. The molecular formula is C38H34Cl2F2N8O2. The van der Waals surface area contributed by atoms with Crippen molar-refractivity contribution in [1.29, 1.82) is 5.26 Å². The first-order chi connectivity index (χ1) is 25.1.